The third-order valence-electron chi connectivity index (χ3n) is 5.16. The molecule has 0 aliphatic carbocycles. The first kappa shape index (κ1) is 23.7. The molecule has 0 bridgehead atoms. The van der Waals surface area contributed by atoms with E-state index >= 15 is 0 Å². The number of aromatic carboxylic acids is 1. The first-order chi connectivity index (χ1) is 17.0. The van der Waals surface area contributed by atoms with Crippen LogP contribution in [0.5, 0.6) is 11.6 Å². The lowest BCUT2D eigenvalue weighted by Gasteiger charge is -2.10. The summed E-state index contributed by atoms with van der Waals surface area (Å²) < 4.78 is 20.8. The summed E-state index contributed by atoms with van der Waals surface area (Å²) in [4.78, 5) is 21.4. The molecule has 0 fully saturated rings. The first-order valence-corrected chi connectivity index (χ1v) is 11.1. The van der Waals surface area contributed by atoms with E-state index in [1.807, 2.05) is 43.3 Å². The van der Waals surface area contributed by atoms with Crippen LogP contribution in [-0.4, -0.2) is 32.9 Å². The summed E-state index contributed by atoms with van der Waals surface area (Å²) in [6.45, 7) is 2.49. The van der Waals surface area contributed by atoms with Crippen LogP contribution in [0.25, 0.3) is 0 Å². The van der Waals surface area contributed by atoms with Gasteiger partial charge in [0.15, 0.2) is 0 Å². The monoisotopic (exact) mass is 473 g/mol. The zero-order valence-corrected chi connectivity index (χ0v) is 19.1. The number of rotatable bonds is 10. The van der Waals surface area contributed by atoms with Gasteiger partial charge < -0.3 is 19.2 Å². The van der Waals surface area contributed by atoms with Gasteiger partial charge in [-0.25, -0.2) is 14.2 Å². The van der Waals surface area contributed by atoms with Crippen LogP contribution in [0, 0.1) is 5.82 Å². The zero-order chi connectivity index (χ0) is 24.6. The maximum Gasteiger partial charge on any atom is 0.337 e. The Labute approximate surface area is 202 Å². The SMILES string of the molecule is CCO/N=C(\Cn1cc(Cc2ccc(F)cc2)c(C(=O)O)c1)c1cccc(Oc2ccccn2)c1. The number of oxime groups is 1. The fourth-order valence-electron chi connectivity index (χ4n) is 3.56. The summed E-state index contributed by atoms with van der Waals surface area (Å²) in [5.74, 6) is -0.318. The lowest BCUT2D eigenvalue weighted by atomic mass is 10.0. The Morgan fingerprint density at radius 2 is 1.91 bits per heavy atom. The van der Waals surface area contributed by atoms with Crippen LogP contribution in [0.1, 0.15) is 34.0 Å². The number of carboxylic acid groups (broad SMARTS) is 1. The fourth-order valence-corrected chi connectivity index (χ4v) is 3.56. The fraction of sp³-hybridized carbons (Fsp3) is 0.148. The van der Waals surface area contributed by atoms with Gasteiger partial charge >= 0.3 is 5.97 Å². The van der Waals surface area contributed by atoms with Crippen LogP contribution in [0.3, 0.4) is 0 Å². The number of hydrogen-bond acceptors (Lipinski definition) is 5. The van der Waals surface area contributed by atoms with Crippen molar-refractivity contribution in [3.63, 3.8) is 0 Å². The summed E-state index contributed by atoms with van der Waals surface area (Å²) in [6, 6.07) is 18.8. The third-order valence-corrected chi connectivity index (χ3v) is 5.16. The van der Waals surface area contributed by atoms with Crippen molar-refractivity contribution >= 4 is 11.7 Å². The molecule has 4 rings (SSSR count). The molecule has 0 aliphatic heterocycles. The second-order valence-electron chi connectivity index (χ2n) is 7.73. The molecular weight excluding hydrogens is 449 g/mol. The van der Waals surface area contributed by atoms with E-state index in [2.05, 4.69) is 10.1 Å². The van der Waals surface area contributed by atoms with Crippen molar-refractivity contribution in [3.05, 3.63) is 113 Å². The maximum atomic E-state index is 13.3. The lowest BCUT2D eigenvalue weighted by Crippen LogP contribution is -2.11. The highest BCUT2D eigenvalue weighted by atomic mass is 19.1. The molecule has 7 nitrogen and oxygen atoms in total. The van der Waals surface area contributed by atoms with Gasteiger partial charge in [-0.2, -0.15) is 0 Å². The molecule has 0 saturated heterocycles. The minimum Gasteiger partial charge on any atom is -0.478 e. The minimum absolute atomic E-state index is 0.178. The second kappa shape index (κ2) is 11.1. The predicted octanol–water partition coefficient (Wildman–Crippen LogP) is 5.54. The normalized spacial score (nSPS) is 11.3. The predicted molar refractivity (Wildman–Crippen MR) is 130 cm³/mol. The van der Waals surface area contributed by atoms with Crippen LogP contribution < -0.4 is 4.74 Å². The van der Waals surface area contributed by atoms with Crippen molar-refractivity contribution in [3.8, 4) is 11.6 Å². The van der Waals surface area contributed by atoms with E-state index in [4.69, 9.17) is 9.57 Å². The van der Waals surface area contributed by atoms with E-state index in [1.54, 1.807) is 41.4 Å². The molecule has 0 saturated carbocycles. The molecule has 1 N–H and O–H groups in total. The average molecular weight is 474 g/mol. The van der Waals surface area contributed by atoms with Crippen LogP contribution >= 0.6 is 0 Å². The quantitative estimate of drug-likeness (QED) is 0.241. The van der Waals surface area contributed by atoms with Crippen molar-refractivity contribution in [1.82, 2.24) is 9.55 Å². The number of carbonyl (C=O) groups is 1. The highest BCUT2D eigenvalue weighted by Crippen LogP contribution is 2.22. The van der Waals surface area contributed by atoms with Gasteiger partial charge in [-0.15, -0.1) is 0 Å². The third kappa shape index (κ3) is 6.32. The molecule has 178 valence electrons. The number of benzene rings is 2. The summed E-state index contributed by atoms with van der Waals surface area (Å²) >= 11 is 0. The molecule has 2 heterocycles. The molecule has 0 unspecified atom stereocenters. The highest BCUT2D eigenvalue weighted by Gasteiger charge is 2.16. The molecule has 2 aromatic heterocycles. The van der Waals surface area contributed by atoms with Gasteiger partial charge in [0.1, 0.15) is 23.9 Å². The molecule has 0 atom stereocenters. The molecule has 0 radical (unpaired) electrons. The smallest absolute Gasteiger partial charge is 0.337 e. The van der Waals surface area contributed by atoms with E-state index in [1.165, 1.54) is 12.1 Å². The van der Waals surface area contributed by atoms with Gasteiger partial charge in [0, 0.05) is 30.2 Å². The van der Waals surface area contributed by atoms with Gasteiger partial charge in [-0.05, 0) is 54.8 Å². The largest absolute Gasteiger partial charge is 0.478 e. The number of nitrogens with zero attached hydrogens (tertiary/aromatic N) is 3. The number of hydrogen-bond donors (Lipinski definition) is 1. The van der Waals surface area contributed by atoms with E-state index in [0.717, 1.165) is 11.1 Å². The number of aromatic nitrogens is 2. The Bertz CT molecular complexity index is 1320. The maximum absolute atomic E-state index is 13.3. The molecular formula is C27H24FN3O4. The molecule has 8 heteroatoms. The summed E-state index contributed by atoms with van der Waals surface area (Å²) in [7, 11) is 0. The molecule has 0 aliphatic rings. The van der Waals surface area contributed by atoms with Gasteiger partial charge in [0.2, 0.25) is 5.88 Å². The Morgan fingerprint density at radius 1 is 1.09 bits per heavy atom. The second-order valence-corrected chi connectivity index (χ2v) is 7.73. The summed E-state index contributed by atoms with van der Waals surface area (Å²) in [6.07, 6.45) is 5.34. The minimum atomic E-state index is -1.03. The van der Waals surface area contributed by atoms with Crippen molar-refractivity contribution in [2.75, 3.05) is 6.61 Å². The standard InChI is InChI=1S/C27H24FN3O4/c1-2-34-30-25(20-6-5-7-23(15-20)35-26-8-3-4-13-29-26)18-31-16-21(24(17-31)27(32)33)14-19-9-11-22(28)12-10-19/h3-13,15-17H,2,14,18H2,1H3,(H,32,33)/b30-25+. The molecule has 4 aromatic rings. The summed E-state index contributed by atoms with van der Waals surface area (Å²) in [5.41, 5.74) is 2.97. The van der Waals surface area contributed by atoms with Crippen LogP contribution in [0.4, 0.5) is 4.39 Å². The van der Waals surface area contributed by atoms with Gasteiger partial charge in [0.25, 0.3) is 0 Å². The molecule has 0 spiro atoms. The van der Waals surface area contributed by atoms with Crippen molar-refractivity contribution < 1.29 is 23.9 Å². The Hall–Kier alpha value is -4.46. The number of halogens is 1. The zero-order valence-electron chi connectivity index (χ0n) is 19.1. The van der Waals surface area contributed by atoms with Gasteiger partial charge in [0.05, 0.1) is 12.1 Å². The number of carboxylic acids is 1. The first-order valence-electron chi connectivity index (χ1n) is 11.1. The Morgan fingerprint density at radius 3 is 2.63 bits per heavy atom. The van der Waals surface area contributed by atoms with Crippen molar-refractivity contribution in [2.24, 2.45) is 5.16 Å². The van der Waals surface area contributed by atoms with Crippen LogP contribution in [-0.2, 0) is 17.8 Å². The van der Waals surface area contributed by atoms with Crippen LogP contribution in [0.2, 0.25) is 0 Å². The Balaban J connectivity index is 1.60. The average Bonchev–Trinajstić information content (AvgIpc) is 3.26. The van der Waals surface area contributed by atoms with Crippen LogP contribution in [0.15, 0.2) is 90.5 Å². The van der Waals surface area contributed by atoms with Crippen molar-refractivity contribution in [1.29, 1.82) is 0 Å². The van der Waals surface area contributed by atoms with E-state index in [0.29, 0.717) is 35.9 Å². The van der Waals surface area contributed by atoms with Crippen molar-refractivity contribution in [2.45, 2.75) is 19.9 Å². The lowest BCUT2D eigenvalue weighted by molar-refractivity contribution is 0.0696. The highest BCUT2D eigenvalue weighted by molar-refractivity contribution is 6.00. The van der Waals surface area contributed by atoms with Gasteiger partial charge in [-0.1, -0.05) is 35.5 Å². The molecule has 2 aromatic carbocycles. The van der Waals surface area contributed by atoms with E-state index < -0.39 is 5.97 Å². The molecule has 0 amide bonds. The summed E-state index contributed by atoms with van der Waals surface area (Å²) in [5, 5.41) is 14.0. The Kier molecular flexibility index (Phi) is 7.52. The topological polar surface area (TPSA) is 85.9 Å². The molecule has 35 heavy (non-hydrogen) atoms. The number of pyridine rings is 1. The number of ether oxygens (including phenoxy) is 1. The van der Waals surface area contributed by atoms with Gasteiger partial charge in [-0.3, -0.25) is 0 Å². The van der Waals surface area contributed by atoms with E-state index in [9.17, 15) is 14.3 Å². The van der Waals surface area contributed by atoms with E-state index in [-0.39, 0.29) is 17.9 Å².